The minimum absolute atomic E-state index is 0.0702. The highest BCUT2D eigenvalue weighted by atomic mass is 32.2. The Hall–Kier alpha value is -1.42. The fourth-order valence-electron chi connectivity index (χ4n) is 2.04. The maximum absolute atomic E-state index is 12.1. The quantitative estimate of drug-likeness (QED) is 0.823. The molecule has 1 fully saturated rings. The molecule has 0 radical (unpaired) electrons. The van der Waals surface area contributed by atoms with E-state index in [0.29, 0.717) is 18.8 Å². The van der Waals surface area contributed by atoms with Crippen LogP contribution in [0.5, 0.6) is 0 Å². The lowest BCUT2D eigenvalue weighted by Gasteiger charge is -2.22. The summed E-state index contributed by atoms with van der Waals surface area (Å²) in [6, 6.07) is 7.99. The number of nitriles is 1. The van der Waals surface area contributed by atoms with Gasteiger partial charge >= 0.3 is 0 Å². The first-order valence-electron chi connectivity index (χ1n) is 6.54. The Bertz CT molecular complexity index is 585. The molecule has 1 heterocycles. The highest BCUT2D eigenvalue weighted by molar-refractivity contribution is 7.91. The number of hydrogen-bond donors (Lipinski definition) is 0. The molecule has 0 spiro atoms. The van der Waals surface area contributed by atoms with Gasteiger partial charge in [0, 0.05) is 13.2 Å². The van der Waals surface area contributed by atoms with Crippen LogP contribution in [-0.4, -0.2) is 40.1 Å². The van der Waals surface area contributed by atoms with E-state index in [2.05, 4.69) is 0 Å². The maximum atomic E-state index is 12.1. The van der Waals surface area contributed by atoms with Crippen molar-refractivity contribution in [2.75, 3.05) is 25.6 Å². The molecule has 1 aromatic carbocycles. The van der Waals surface area contributed by atoms with Gasteiger partial charge in [-0.05, 0) is 31.0 Å². The molecule has 1 saturated heterocycles. The first-order valence-corrected chi connectivity index (χ1v) is 8.19. The summed E-state index contributed by atoms with van der Waals surface area (Å²) in [7, 11) is -3.40. The van der Waals surface area contributed by atoms with Crippen LogP contribution in [0.25, 0.3) is 0 Å². The molecular formula is C14H17NO4S. The van der Waals surface area contributed by atoms with Gasteiger partial charge < -0.3 is 9.47 Å². The van der Waals surface area contributed by atoms with Gasteiger partial charge in [-0.3, -0.25) is 0 Å². The Morgan fingerprint density at radius 1 is 1.35 bits per heavy atom. The highest BCUT2D eigenvalue weighted by Gasteiger charge is 2.18. The fraction of sp³-hybridized carbons (Fsp3) is 0.500. The van der Waals surface area contributed by atoms with Crippen molar-refractivity contribution in [1.82, 2.24) is 0 Å². The van der Waals surface area contributed by atoms with Crippen LogP contribution in [0.1, 0.15) is 18.4 Å². The molecule has 2 rings (SSSR count). The van der Waals surface area contributed by atoms with E-state index in [1.165, 1.54) is 12.1 Å². The summed E-state index contributed by atoms with van der Waals surface area (Å²) < 4.78 is 35.0. The van der Waals surface area contributed by atoms with Crippen molar-refractivity contribution in [1.29, 1.82) is 5.26 Å². The van der Waals surface area contributed by atoms with Gasteiger partial charge in [-0.15, -0.1) is 0 Å². The van der Waals surface area contributed by atoms with Gasteiger partial charge in [0.2, 0.25) is 0 Å². The summed E-state index contributed by atoms with van der Waals surface area (Å²) in [5.74, 6) is -0.0702. The fourth-order valence-corrected chi connectivity index (χ4v) is 3.19. The van der Waals surface area contributed by atoms with Gasteiger partial charge in [-0.1, -0.05) is 6.07 Å². The maximum Gasteiger partial charge on any atom is 0.180 e. The standard InChI is InChI=1S/C14H17NO4S/c15-11-12-2-1-3-14(10-12)20(16,17)9-8-19-13-4-6-18-7-5-13/h1-3,10,13H,4-9H2. The van der Waals surface area contributed by atoms with E-state index in [1.54, 1.807) is 12.1 Å². The van der Waals surface area contributed by atoms with E-state index < -0.39 is 9.84 Å². The lowest BCUT2D eigenvalue weighted by Crippen LogP contribution is -2.25. The lowest BCUT2D eigenvalue weighted by atomic mass is 10.2. The van der Waals surface area contributed by atoms with E-state index in [0.717, 1.165) is 12.8 Å². The molecule has 0 amide bonds. The SMILES string of the molecule is N#Cc1cccc(S(=O)(=O)CCOC2CCOCC2)c1. The van der Waals surface area contributed by atoms with Crippen molar-refractivity contribution in [2.24, 2.45) is 0 Å². The second-order valence-corrected chi connectivity index (χ2v) is 6.75. The Morgan fingerprint density at radius 2 is 2.10 bits per heavy atom. The third kappa shape index (κ3) is 4.04. The number of ether oxygens (including phenoxy) is 2. The lowest BCUT2D eigenvalue weighted by molar-refractivity contribution is -0.0266. The molecule has 1 aliphatic heterocycles. The number of hydrogen-bond acceptors (Lipinski definition) is 5. The second kappa shape index (κ2) is 6.84. The van der Waals surface area contributed by atoms with Crippen LogP contribution < -0.4 is 0 Å². The van der Waals surface area contributed by atoms with Gasteiger partial charge in [0.1, 0.15) is 0 Å². The Labute approximate surface area is 119 Å². The molecule has 5 nitrogen and oxygen atoms in total. The van der Waals surface area contributed by atoms with Crippen molar-refractivity contribution in [3.63, 3.8) is 0 Å². The van der Waals surface area contributed by atoms with Crippen LogP contribution in [0.15, 0.2) is 29.2 Å². The molecule has 0 saturated carbocycles. The minimum atomic E-state index is -3.40. The van der Waals surface area contributed by atoms with Crippen LogP contribution in [-0.2, 0) is 19.3 Å². The molecule has 0 atom stereocenters. The predicted octanol–water partition coefficient (Wildman–Crippen LogP) is 1.53. The average Bonchev–Trinajstić information content (AvgIpc) is 2.48. The van der Waals surface area contributed by atoms with E-state index in [-0.39, 0.29) is 23.4 Å². The highest BCUT2D eigenvalue weighted by Crippen LogP contribution is 2.15. The zero-order valence-corrected chi connectivity index (χ0v) is 11.9. The third-order valence-electron chi connectivity index (χ3n) is 3.20. The summed E-state index contributed by atoms with van der Waals surface area (Å²) in [6.07, 6.45) is 1.71. The topological polar surface area (TPSA) is 76.4 Å². The van der Waals surface area contributed by atoms with Gasteiger partial charge in [-0.2, -0.15) is 5.26 Å². The zero-order chi connectivity index (χ0) is 14.4. The van der Waals surface area contributed by atoms with Crippen LogP contribution in [0.3, 0.4) is 0 Å². The molecule has 0 aliphatic carbocycles. The molecular weight excluding hydrogens is 278 g/mol. The zero-order valence-electron chi connectivity index (χ0n) is 11.1. The van der Waals surface area contributed by atoms with E-state index >= 15 is 0 Å². The molecule has 6 heteroatoms. The van der Waals surface area contributed by atoms with Crippen LogP contribution in [0.4, 0.5) is 0 Å². The first-order chi connectivity index (χ1) is 9.62. The Balaban J connectivity index is 1.91. The number of sulfone groups is 1. The number of rotatable bonds is 5. The summed E-state index contributed by atoms with van der Waals surface area (Å²) in [4.78, 5) is 0.173. The van der Waals surface area contributed by atoms with Crippen molar-refractivity contribution in [2.45, 2.75) is 23.8 Å². The smallest absolute Gasteiger partial charge is 0.180 e. The predicted molar refractivity (Wildman–Crippen MR) is 73.0 cm³/mol. The van der Waals surface area contributed by atoms with Crippen LogP contribution in [0, 0.1) is 11.3 Å². The average molecular weight is 295 g/mol. The van der Waals surface area contributed by atoms with Crippen molar-refractivity contribution >= 4 is 9.84 Å². The molecule has 1 aromatic rings. The molecule has 0 aromatic heterocycles. The van der Waals surface area contributed by atoms with Gasteiger partial charge in [0.25, 0.3) is 0 Å². The molecule has 0 unspecified atom stereocenters. The largest absolute Gasteiger partial charge is 0.381 e. The van der Waals surface area contributed by atoms with E-state index in [1.807, 2.05) is 6.07 Å². The normalized spacial score (nSPS) is 16.8. The Morgan fingerprint density at radius 3 is 2.80 bits per heavy atom. The van der Waals surface area contributed by atoms with Gasteiger partial charge in [0.15, 0.2) is 9.84 Å². The number of nitrogens with zero attached hydrogens (tertiary/aromatic N) is 1. The summed E-state index contributed by atoms with van der Waals surface area (Å²) in [5, 5.41) is 8.79. The van der Waals surface area contributed by atoms with Gasteiger partial charge in [-0.25, -0.2) is 8.42 Å². The minimum Gasteiger partial charge on any atom is -0.381 e. The third-order valence-corrected chi connectivity index (χ3v) is 4.87. The molecule has 0 N–H and O–H groups in total. The molecule has 0 bridgehead atoms. The summed E-state index contributed by atoms with van der Waals surface area (Å²) in [5.41, 5.74) is 0.344. The Kier molecular flexibility index (Phi) is 5.12. The van der Waals surface area contributed by atoms with Crippen LogP contribution >= 0.6 is 0 Å². The van der Waals surface area contributed by atoms with Crippen molar-refractivity contribution in [3.8, 4) is 6.07 Å². The molecule has 20 heavy (non-hydrogen) atoms. The van der Waals surface area contributed by atoms with Crippen molar-refractivity contribution < 1.29 is 17.9 Å². The monoisotopic (exact) mass is 295 g/mol. The first kappa shape index (κ1) is 15.0. The number of benzene rings is 1. The van der Waals surface area contributed by atoms with Gasteiger partial charge in [0.05, 0.1) is 35.0 Å². The van der Waals surface area contributed by atoms with Crippen molar-refractivity contribution in [3.05, 3.63) is 29.8 Å². The second-order valence-electron chi connectivity index (χ2n) is 4.64. The molecule has 1 aliphatic rings. The van der Waals surface area contributed by atoms with E-state index in [4.69, 9.17) is 14.7 Å². The van der Waals surface area contributed by atoms with Crippen LogP contribution in [0.2, 0.25) is 0 Å². The van der Waals surface area contributed by atoms with E-state index in [9.17, 15) is 8.42 Å². The summed E-state index contributed by atoms with van der Waals surface area (Å²) in [6.45, 7) is 1.51. The molecule has 108 valence electrons. The summed E-state index contributed by atoms with van der Waals surface area (Å²) >= 11 is 0.